The Kier molecular flexibility index (Phi) is 3.90. The maximum absolute atomic E-state index is 10.8. The molecule has 4 heteroatoms. The first-order valence-electron chi connectivity index (χ1n) is 6.56. The number of aliphatic hydroxyl groups is 1. The summed E-state index contributed by atoms with van der Waals surface area (Å²) in [6.45, 7) is 0. The summed E-state index contributed by atoms with van der Waals surface area (Å²) in [4.78, 5) is 4.39. The molecule has 3 aromatic rings. The molecule has 21 heavy (non-hydrogen) atoms. The van der Waals surface area contributed by atoms with Gasteiger partial charge in [0.2, 0.25) is 0 Å². The van der Waals surface area contributed by atoms with E-state index in [0.29, 0.717) is 11.3 Å². The molecule has 0 saturated carbocycles. The molecule has 3 nitrogen and oxygen atoms in total. The number of nitrogens with zero attached hydrogens (tertiary/aromatic N) is 1. The third-order valence-corrected chi connectivity index (χ3v) is 3.94. The highest BCUT2D eigenvalue weighted by Crippen LogP contribution is 2.34. The van der Waals surface area contributed by atoms with Crippen LogP contribution in [0.3, 0.4) is 0 Å². The van der Waals surface area contributed by atoms with Gasteiger partial charge in [0.05, 0.1) is 12.6 Å². The van der Waals surface area contributed by atoms with Gasteiger partial charge in [-0.15, -0.1) is 0 Å². The highest BCUT2D eigenvalue weighted by molar-refractivity contribution is 9.10. The molecule has 1 N–H and O–H groups in total. The second kappa shape index (κ2) is 5.84. The second-order valence-corrected chi connectivity index (χ2v) is 5.63. The van der Waals surface area contributed by atoms with Crippen LogP contribution in [0.1, 0.15) is 17.2 Å². The zero-order chi connectivity index (χ0) is 14.8. The van der Waals surface area contributed by atoms with Gasteiger partial charge in [-0.25, -0.2) is 0 Å². The van der Waals surface area contributed by atoms with Crippen LogP contribution < -0.4 is 4.74 Å². The molecule has 0 fully saturated rings. The van der Waals surface area contributed by atoms with Crippen LogP contribution in [0.5, 0.6) is 5.75 Å². The molecule has 3 rings (SSSR count). The van der Waals surface area contributed by atoms with E-state index in [9.17, 15) is 5.11 Å². The molecule has 0 amide bonds. The smallest absolute Gasteiger partial charge is 0.125 e. The molecule has 0 radical (unpaired) electrons. The number of aromatic nitrogens is 1. The van der Waals surface area contributed by atoms with Crippen molar-refractivity contribution in [1.29, 1.82) is 0 Å². The molecule has 0 aliphatic heterocycles. The van der Waals surface area contributed by atoms with Crippen LogP contribution in [0.4, 0.5) is 0 Å². The summed E-state index contributed by atoms with van der Waals surface area (Å²) in [7, 11) is 1.60. The van der Waals surface area contributed by atoms with E-state index in [-0.39, 0.29) is 0 Å². The molecule has 0 aliphatic carbocycles. The van der Waals surface area contributed by atoms with Gasteiger partial charge in [0.25, 0.3) is 0 Å². The van der Waals surface area contributed by atoms with Gasteiger partial charge < -0.3 is 9.84 Å². The second-order valence-electron chi connectivity index (χ2n) is 4.71. The van der Waals surface area contributed by atoms with Crippen LogP contribution in [0, 0.1) is 0 Å². The number of aliphatic hydroxyl groups excluding tert-OH is 1. The van der Waals surface area contributed by atoms with E-state index in [1.165, 1.54) is 0 Å². The van der Waals surface area contributed by atoms with Gasteiger partial charge in [-0.2, -0.15) is 0 Å². The molecular weight excluding hydrogens is 330 g/mol. The Balaban J connectivity index is 2.17. The first-order chi connectivity index (χ1) is 10.2. The fraction of sp³-hybridized carbons (Fsp3) is 0.118. The highest BCUT2D eigenvalue weighted by Gasteiger charge is 2.18. The third kappa shape index (κ3) is 2.64. The summed E-state index contributed by atoms with van der Waals surface area (Å²) in [5.74, 6) is 0.652. The predicted octanol–water partition coefficient (Wildman–Crippen LogP) is 4.09. The van der Waals surface area contributed by atoms with Gasteiger partial charge in [-0.05, 0) is 24.3 Å². The normalized spacial score (nSPS) is 12.3. The van der Waals surface area contributed by atoms with E-state index in [4.69, 9.17) is 4.74 Å². The average Bonchev–Trinajstić information content (AvgIpc) is 2.53. The number of hydrogen-bond donors (Lipinski definition) is 1. The zero-order valence-electron chi connectivity index (χ0n) is 11.5. The predicted molar refractivity (Wildman–Crippen MR) is 86.5 cm³/mol. The highest BCUT2D eigenvalue weighted by atomic mass is 79.9. The van der Waals surface area contributed by atoms with Crippen molar-refractivity contribution >= 4 is 26.8 Å². The minimum absolute atomic E-state index is 0.652. The lowest BCUT2D eigenvalue weighted by Gasteiger charge is -2.17. The van der Waals surface area contributed by atoms with Gasteiger partial charge in [0, 0.05) is 27.2 Å². The summed E-state index contributed by atoms with van der Waals surface area (Å²) in [5, 5.41) is 11.8. The SMILES string of the molecule is COc1ccc(Br)cc1C(O)c1cccc2cccnc12. The van der Waals surface area contributed by atoms with Crippen LogP contribution in [0.2, 0.25) is 0 Å². The summed E-state index contributed by atoms with van der Waals surface area (Å²) >= 11 is 3.43. The Morgan fingerprint density at radius 2 is 1.90 bits per heavy atom. The lowest BCUT2D eigenvalue weighted by atomic mass is 9.98. The Labute approximate surface area is 131 Å². The zero-order valence-corrected chi connectivity index (χ0v) is 13.0. The van der Waals surface area contributed by atoms with Crippen molar-refractivity contribution in [1.82, 2.24) is 4.98 Å². The molecular formula is C17H14BrNO2. The number of fused-ring (bicyclic) bond motifs is 1. The summed E-state index contributed by atoms with van der Waals surface area (Å²) in [6, 6.07) is 15.3. The average molecular weight is 344 g/mol. The maximum atomic E-state index is 10.8. The standard InChI is InChI=1S/C17H14BrNO2/c1-21-15-8-7-12(18)10-14(15)17(20)13-6-2-4-11-5-3-9-19-16(11)13/h2-10,17,20H,1H3. The van der Waals surface area contributed by atoms with E-state index in [1.807, 2.05) is 48.5 Å². The number of para-hydroxylation sites is 1. The molecule has 106 valence electrons. The minimum Gasteiger partial charge on any atom is -0.496 e. The molecule has 0 aliphatic rings. The van der Waals surface area contributed by atoms with Crippen molar-refractivity contribution in [3.05, 3.63) is 70.3 Å². The third-order valence-electron chi connectivity index (χ3n) is 3.44. The Hall–Kier alpha value is -1.91. The van der Waals surface area contributed by atoms with Gasteiger partial charge in [0.1, 0.15) is 11.9 Å². The molecule has 0 spiro atoms. The fourth-order valence-corrected chi connectivity index (χ4v) is 2.81. The Morgan fingerprint density at radius 3 is 2.71 bits per heavy atom. The maximum Gasteiger partial charge on any atom is 0.125 e. The first kappa shape index (κ1) is 14.0. The molecule has 1 atom stereocenters. The number of benzene rings is 2. The quantitative estimate of drug-likeness (QED) is 0.778. The van der Waals surface area contributed by atoms with Crippen molar-refractivity contribution in [2.45, 2.75) is 6.10 Å². The number of ether oxygens (including phenoxy) is 1. The summed E-state index contributed by atoms with van der Waals surface area (Å²) in [6.07, 6.45) is 0.938. The molecule has 1 heterocycles. The molecule has 1 aromatic heterocycles. The van der Waals surface area contributed by atoms with Gasteiger partial charge >= 0.3 is 0 Å². The van der Waals surface area contributed by atoms with Crippen molar-refractivity contribution in [2.75, 3.05) is 7.11 Å². The van der Waals surface area contributed by atoms with Gasteiger partial charge in [-0.1, -0.05) is 40.2 Å². The molecule has 0 bridgehead atoms. The number of methoxy groups -OCH3 is 1. The van der Waals surface area contributed by atoms with Crippen LogP contribution in [0.15, 0.2) is 59.2 Å². The van der Waals surface area contributed by atoms with E-state index >= 15 is 0 Å². The van der Waals surface area contributed by atoms with Crippen LogP contribution >= 0.6 is 15.9 Å². The number of rotatable bonds is 3. The minimum atomic E-state index is -0.795. The van der Waals surface area contributed by atoms with E-state index in [2.05, 4.69) is 20.9 Å². The first-order valence-corrected chi connectivity index (χ1v) is 7.35. The lowest BCUT2D eigenvalue weighted by Crippen LogP contribution is -2.04. The van der Waals surface area contributed by atoms with Crippen molar-refractivity contribution in [2.24, 2.45) is 0 Å². The lowest BCUT2D eigenvalue weighted by molar-refractivity contribution is 0.216. The Morgan fingerprint density at radius 1 is 1.10 bits per heavy atom. The van der Waals surface area contributed by atoms with E-state index in [0.717, 1.165) is 20.9 Å². The monoisotopic (exact) mass is 343 g/mol. The fourth-order valence-electron chi connectivity index (χ4n) is 2.43. The number of hydrogen-bond acceptors (Lipinski definition) is 3. The topological polar surface area (TPSA) is 42.4 Å². The Bertz CT molecular complexity index is 783. The largest absolute Gasteiger partial charge is 0.496 e. The molecule has 2 aromatic carbocycles. The van der Waals surface area contributed by atoms with Crippen LogP contribution in [0.25, 0.3) is 10.9 Å². The van der Waals surface area contributed by atoms with Gasteiger partial charge in [-0.3, -0.25) is 4.98 Å². The van der Waals surface area contributed by atoms with Crippen LogP contribution in [-0.2, 0) is 0 Å². The summed E-state index contributed by atoms with van der Waals surface area (Å²) < 4.78 is 6.25. The van der Waals surface area contributed by atoms with Crippen molar-refractivity contribution in [3.8, 4) is 5.75 Å². The molecule has 1 unspecified atom stereocenters. The number of pyridine rings is 1. The summed E-state index contributed by atoms with van der Waals surface area (Å²) in [5.41, 5.74) is 2.28. The molecule has 0 saturated heterocycles. The van der Waals surface area contributed by atoms with Gasteiger partial charge in [0.15, 0.2) is 0 Å². The van der Waals surface area contributed by atoms with E-state index in [1.54, 1.807) is 13.3 Å². The van der Waals surface area contributed by atoms with E-state index < -0.39 is 6.10 Å². The number of halogens is 1. The van der Waals surface area contributed by atoms with Crippen LogP contribution in [-0.4, -0.2) is 17.2 Å². The van der Waals surface area contributed by atoms with Crippen molar-refractivity contribution in [3.63, 3.8) is 0 Å². The van der Waals surface area contributed by atoms with Crippen molar-refractivity contribution < 1.29 is 9.84 Å².